The molecular formula is C13H17N3. The summed E-state index contributed by atoms with van der Waals surface area (Å²) in [6.07, 6.45) is 0. The SMILES string of the molecule is CCNCc1cc(-c2ccccc2C)n[nH]1. The van der Waals surface area contributed by atoms with E-state index in [1.807, 2.05) is 12.1 Å². The van der Waals surface area contributed by atoms with Gasteiger partial charge in [-0.15, -0.1) is 0 Å². The Morgan fingerprint density at radius 3 is 2.88 bits per heavy atom. The van der Waals surface area contributed by atoms with Crippen LogP contribution >= 0.6 is 0 Å². The van der Waals surface area contributed by atoms with E-state index in [-0.39, 0.29) is 0 Å². The van der Waals surface area contributed by atoms with Crippen molar-refractivity contribution in [1.82, 2.24) is 15.5 Å². The Hall–Kier alpha value is -1.61. The van der Waals surface area contributed by atoms with Crippen LogP contribution in [0.2, 0.25) is 0 Å². The van der Waals surface area contributed by atoms with Gasteiger partial charge in [-0.05, 0) is 25.1 Å². The molecule has 84 valence electrons. The molecule has 0 saturated carbocycles. The summed E-state index contributed by atoms with van der Waals surface area (Å²) < 4.78 is 0. The van der Waals surface area contributed by atoms with Crippen LogP contribution in [0.15, 0.2) is 30.3 Å². The summed E-state index contributed by atoms with van der Waals surface area (Å²) in [4.78, 5) is 0. The summed E-state index contributed by atoms with van der Waals surface area (Å²) in [5.74, 6) is 0. The molecule has 3 heteroatoms. The summed E-state index contributed by atoms with van der Waals surface area (Å²) in [7, 11) is 0. The first kappa shape index (κ1) is 10.9. The Kier molecular flexibility index (Phi) is 3.37. The van der Waals surface area contributed by atoms with E-state index in [0.717, 1.165) is 24.5 Å². The van der Waals surface area contributed by atoms with E-state index in [9.17, 15) is 0 Å². The first-order chi connectivity index (χ1) is 7.81. The molecule has 16 heavy (non-hydrogen) atoms. The Bertz CT molecular complexity index is 460. The Balaban J connectivity index is 2.22. The van der Waals surface area contributed by atoms with E-state index < -0.39 is 0 Å². The van der Waals surface area contributed by atoms with Gasteiger partial charge in [-0.3, -0.25) is 5.10 Å². The maximum Gasteiger partial charge on any atom is 0.0926 e. The van der Waals surface area contributed by atoms with E-state index in [0.29, 0.717) is 0 Å². The van der Waals surface area contributed by atoms with E-state index in [1.54, 1.807) is 0 Å². The summed E-state index contributed by atoms with van der Waals surface area (Å²) in [5, 5.41) is 10.7. The molecule has 2 rings (SSSR count). The van der Waals surface area contributed by atoms with Crippen molar-refractivity contribution in [1.29, 1.82) is 0 Å². The average molecular weight is 215 g/mol. The number of hydrogen-bond acceptors (Lipinski definition) is 2. The fourth-order valence-electron chi connectivity index (χ4n) is 1.71. The molecule has 0 aliphatic heterocycles. The monoisotopic (exact) mass is 215 g/mol. The zero-order chi connectivity index (χ0) is 11.4. The number of aryl methyl sites for hydroxylation is 1. The number of hydrogen-bond donors (Lipinski definition) is 2. The maximum atomic E-state index is 4.34. The fraction of sp³-hybridized carbons (Fsp3) is 0.308. The minimum atomic E-state index is 0.843. The van der Waals surface area contributed by atoms with Crippen molar-refractivity contribution in [3.63, 3.8) is 0 Å². The molecule has 0 spiro atoms. The number of nitrogens with zero attached hydrogens (tertiary/aromatic N) is 1. The predicted molar refractivity (Wildman–Crippen MR) is 66.1 cm³/mol. The van der Waals surface area contributed by atoms with Crippen LogP contribution in [0.25, 0.3) is 11.3 Å². The van der Waals surface area contributed by atoms with Gasteiger partial charge in [-0.1, -0.05) is 31.2 Å². The lowest BCUT2D eigenvalue weighted by atomic mass is 10.1. The second-order valence-electron chi connectivity index (χ2n) is 3.87. The highest BCUT2D eigenvalue weighted by Gasteiger charge is 2.05. The highest BCUT2D eigenvalue weighted by atomic mass is 15.1. The molecule has 3 nitrogen and oxygen atoms in total. The number of nitrogens with one attached hydrogen (secondary N) is 2. The van der Waals surface area contributed by atoms with Crippen LogP contribution in [0.4, 0.5) is 0 Å². The third kappa shape index (κ3) is 2.31. The molecule has 0 aliphatic rings. The molecule has 0 unspecified atom stereocenters. The first-order valence-corrected chi connectivity index (χ1v) is 5.62. The number of aromatic amines is 1. The molecule has 0 fully saturated rings. The zero-order valence-corrected chi connectivity index (χ0v) is 9.75. The van der Waals surface area contributed by atoms with E-state index >= 15 is 0 Å². The molecule has 0 atom stereocenters. The molecule has 1 aromatic carbocycles. The van der Waals surface area contributed by atoms with Crippen molar-refractivity contribution in [3.05, 3.63) is 41.6 Å². The van der Waals surface area contributed by atoms with Gasteiger partial charge in [0.25, 0.3) is 0 Å². The first-order valence-electron chi connectivity index (χ1n) is 5.62. The minimum Gasteiger partial charge on any atom is -0.311 e. The Morgan fingerprint density at radius 2 is 2.12 bits per heavy atom. The van der Waals surface area contributed by atoms with Gasteiger partial charge in [0.2, 0.25) is 0 Å². The molecule has 0 bridgehead atoms. The number of aromatic nitrogens is 2. The standard InChI is InChI=1S/C13H17N3/c1-3-14-9-11-8-13(16-15-11)12-7-5-4-6-10(12)2/h4-8,14H,3,9H2,1-2H3,(H,15,16). The second kappa shape index (κ2) is 4.94. The van der Waals surface area contributed by atoms with Crippen LogP contribution in [-0.2, 0) is 6.54 Å². The summed E-state index contributed by atoms with van der Waals surface area (Å²) in [5.41, 5.74) is 4.59. The minimum absolute atomic E-state index is 0.843. The zero-order valence-electron chi connectivity index (χ0n) is 9.75. The van der Waals surface area contributed by atoms with E-state index in [1.165, 1.54) is 11.1 Å². The normalized spacial score (nSPS) is 10.6. The fourth-order valence-corrected chi connectivity index (χ4v) is 1.71. The van der Waals surface area contributed by atoms with E-state index in [4.69, 9.17) is 0 Å². The van der Waals surface area contributed by atoms with Crippen LogP contribution in [0, 0.1) is 6.92 Å². The number of rotatable bonds is 4. The molecule has 2 aromatic rings. The second-order valence-corrected chi connectivity index (χ2v) is 3.87. The van der Waals surface area contributed by atoms with Gasteiger partial charge in [0, 0.05) is 17.8 Å². The van der Waals surface area contributed by atoms with Gasteiger partial charge in [-0.25, -0.2) is 0 Å². The van der Waals surface area contributed by atoms with Gasteiger partial charge >= 0.3 is 0 Å². The van der Waals surface area contributed by atoms with Gasteiger partial charge in [0.1, 0.15) is 0 Å². The van der Waals surface area contributed by atoms with Crippen molar-refractivity contribution in [3.8, 4) is 11.3 Å². The van der Waals surface area contributed by atoms with Crippen LogP contribution in [-0.4, -0.2) is 16.7 Å². The quantitative estimate of drug-likeness (QED) is 0.822. The van der Waals surface area contributed by atoms with Gasteiger partial charge in [-0.2, -0.15) is 5.10 Å². The van der Waals surface area contributed by atoms with Crippen molar-refractivity contribution in [2.24, 2.45) is 0 Å². The van der Waals surface area contributed by atoms with Crippen molar-refractivity contribution in [2.45, 2.75) is 20.4 Å². The Labute approximate surface area is 95.9 Å². The molecule has 2 N–H and O–H groups in total. The summed E-state index contributed by atoms with van der Waals surface area (Å²) in [6, 6.07) is 10.4. The van der Waals surface area contributed by atoms with Crippen LogP contribution in [0.5, 0.6) is 0 Å². The van der Waals surface area contributed by atoms with Crippen LogP contribution in [0.3, 0.4) is 0 Å². The highest BCUT2D eigenvalue weighted by Crippen LogP contribution is 2.21. The van der Waals surface area contributed by atoms with Gasteiger partial charge in [0.05, 0.1) is 5.69 Å². The molecule has 0 aliphatic carbocycles. The van der Waals surface area contributed by atoms with Crippen LogP contribution < -0.4 is 5.32 Å². The largest absolute Gasteiger partial charge is 0.311 e. The number of H-pyrrole nitrogens is 1. The molecule has 0 amide bonds. The van der Waals surface area contributed by atoms with Crippen molar-refractivity contribution < 1.29 is 0 Å². The lowest BCUT2D eigenvalue weighted by molar-refractivity contribution is 0.707. The van der Waals surface area contributed by atoms with E-state index in [2.05, 4.69) is 47.6 Å². The summed E-state index contributed by atoms with van der Waals surface area (Å²) >= 11 is 0. The molecule has 0 radical (unpaired) electrons. The topological polar surface area (TPSA) is 40.7 Å². The predicted octanol–water partition coefficient (Wildman–Crippen LogP) is 2.49. The third-order valence-corrected chi connectivity index (χ3v) is 2.62. The smallest absolute Gasteiger partial charge is 0.0926 e. The van der Waals surface area contributed by atoms with Gasteiger partial charge < -0.3 is 5.32 Å². The van der Waals surface area contributed by atoms with Crippen molar-refractivity contribution in [2.75, 3.05) is 6.54 Å². The summed E-state index contributed by atoms with van der Waals surface area (Å²) in [6.45, 7) is 6.01. The average Bonchev–Trinajstić information content (AvgIpc) is 2.75. The van der Waals surface area contributed by atoms with Gasteiger partial charge in [0.15, 0.2) is 0 Å². The Morgan fingerprint density at radius 1 is 1.31 bits per heavy atom. The lowest BCUT2D eigenvalue weighted by Crippen LogP contribution is -2.11. The number of benzene rings is 1. The highest BCUT2D eigenvalue weighted by molar-refractivity contribution is 5.63. The molecule has 0 saturated heterocycles. The molecule has 1 aromatic heterocycles. The maximum absolute atomic E-state index is 4.34. The van der Waals surface area contributed by atoms with Crippen LogP contribution in [0.1, 0.15) is 18.2 Å². The third-order valence-electron chi connectivity index (χ3n) is 2.62. The van der Waals surface area contributed by atoms with Crippen molar-refractivity contribution >= 4 is 0 Å². The lowest BCUT2D eigenvalue weighted by Gasteiger charge is -2.00. The molecule has 1 heterocycles. The molecular weight excluding hydrogens is 198 g/mol.